The fourth-order valence-electron chi connectivity index (χ4n) is 3.18. The van der Waals surface area contributed by atoms with Crippen molar-refractivity contribution in [2.75, 3.05) is 31.1 Å². The maximum Gasteiger partial charge on any atom is 0.270 e. The minimum atomic E-state index is -0.428. The van der Waals surface area contributed by atoms with E-state index in [1.54, 1.807) is 23.1 Å². The van der Waals surface area contributed by atoms with Crippen LogP contribution in [0, 0.1) is 10.1 Å². The molecule has 0 spiro atoms. The molecule has 0 radical (unpaired) electrons. The molecule has 2 amide bonds. The van der Waals surface area contributed by atoms with Gasteiger partial charge in [-0.2, -0.15) is 0 Å². The lowest BCUT2D eigenvalue weighted by Crippen LogP contribution is -2.50. The monoisotopic (exact) mass is 394 g/mol. The number of nitro benzene ring substituents is 1. The molecular formula is C21H22N4O4. The van der Waals surface area contributed by atoms with Crippen molar-refractivity contribution in [1.29, 1.82) is 0 Å². The second kappa shape index (κ2) is 9.01. The maximum atomic E-state index is 13.0. The van der Waals surface area contributed by atoms with Crippen LogP contribution in [0.15, 0.2) is 60.3 Å². The Hall–Kier alpha value is -3.68. The number of non-ortho nitro benzene ring substituents is 1. The van der Waals surface area contributed by atoms with Crippen molar-refractivity contribution in [3.63, 3.8) is 0 Å². The Morgan fingerprint density at radius 2 is 1.62 bits per heavy atom. The van der Waals surface area contributed by atoms with Gasteiger partial charge in [-0.05, 0) is 23.8 Å². The summed E-state index contributed by atoms with van der Waals surface area (Å²) in [6.07, 6.45) is 1.67. The molecule has 8 heteroatoms. The number of piperazine rings is 1. The van der Waals surface area contributed by atoms with Crippen molar-refractivity contribution in [3.05, 3.63) is 76.0 Å². The minimum absolute atomic E-state index is 0.0496. The number of hydrogen-bond acceptors (Lipinski definition) is 5. The fourth-order valence-corrected chi connectivity index (χ4v) is 3.18. The normalized spacial score (nSPS) is 14.4. The Labute approximate surface area is 168 Å². The van der Waals surface area contributed by atoms with Crippen LogP contribution in [0.2, 0.25) is 0 Å². The van der Waals surface area contributed by atoms with E-state index in [9.17, 15) is 19.7 Å². The molecule has 8 nitrogen and oxygen atoms in total. The average molecular weight is 394 g/mol. The van der Waals surface area contributed by atoms with Gasteiger partial charge in [0.1, 0.15) is 5.70 Å². The number of carbonyl (C=O) groups is 2. The highest BCUT2D eigenvalue weighted by atomic mass is 16.6. The zero-order chi connectivity index (χ0) is 20.8. The molecule has 1 aliphatic rings. The van der Waals surface area contributed by atoms with E-state index in [-0.39, 0.29) is 23.2 Å². The molecule has 29 heavy (non-hydrogen) atoms. The Kier molecular flexibility index (Phi) is 6.23. The van der Waals surface area contributed by atoms with E-state index in [1.807, 2.05) is 30.3 Å². The Morgan fingerprint density at radius 1 is 1.00 bits per heavy atom. The molecule has 0 bridgehead atoms. The smallest absolute Gasteiger partial charge is 0.270 e. The molecule has 1 N–H and O–H groups in total. The molecule has 0 unspecified atom stereocenters. The third kappa shape index (κ3) is 5.19. The molecule has 150 valence electrons. The Bertz CT molecular complexity index is 917. The lowest BCUT2D eigenvalue weighted by Gasteiger charge is -2.36. The summed E-state index contributed by atoms with van der Waals surface area (Å²) in [5.41, 5.74) is 2.00. The van der Waals surface area contributed by atoms with Gasteiger partial charge in [-0.15, -0.1) is 0 Å². The molecule has 0 aromatic heterocycles. The first-order chi connectivity index (χ1) is 13.9. The minimum Gasteiger partial charge on any atom is -0.368 e. The van der Waals surface area contributed by atoms with Crippen molar-refractivity contribution in [1.82, 2.24) is 10.2 Å². The summed E-state index contributed by atoms with van der Waals surface area (Å²) < 4.78 is 0. The molecule has 2 aromatic carbocycles. The van der Waals surface area contributed by atoms with Crippen molar-refractivity contribution in [2.24, 2.45) is 0 Å². The van der Waals surface area contributed by atoms with Crippen molar-refractivity contribution >= 4 is 29.3 Å². The number of rotatable bonds is 5. The van der Waals surface area contributed by atoms with Gasteiger partial charge in [-0.3, -0.25) is 19.7 Å². The SMILES string of the molecule is CC(=O)N/C(=C\c1ccccc1)C(=O)N1CCN(c2ccc([N+](=O)[O-])cc2)CC1. The second-order valence-corrected chi connectivity index (χ2v) is 6.70. The maximum absolute atomic E-state index is 13.0. The first kappa shape index (κ1) is 20.1. The van der Waals surface area contributed by atoms with Gasteiger partial charge in [0.05, 0.1) is 4.92 Å². The molecule has 1 saturated heterocycles. The van der Waals surface area contributed by atoms with E-state index in [0.717, 1.165) is 11.3 Å². The number of anilines is 1. The predicted molar refractivity (Wildman–Crippen MR) is 110 cm³/mol. The van der Waals surface area contributed by atoms with Crippen LogP contribution >= 0.6 is 0 Å². The highest BCUT2D eigenvalue weighted by Crippen LogP contribution is 2.21. The van der Waals surface area contributed by atoms with Gasteiger partial charge in [0.15, 0.2) is 0 Å². The van der Waals surface area contributed by atoms with Gasteiger partial charge in [0.25, 0.3) is 11.6 Å². The van der Waals surface area contributed by atoms with Gasteiger partial charge in [-0.1, -0.05) is 30.3 Å². The van der Waals surface area contributed by atoms with Crippen LogP contribution in [0.3, 0.4) is 0 Å². The molecule has 0 atom stereocenters. The van der Waals surface area contributed by atoms with Gasteiger partial charge >= 0.3 is 0 Å². The van der Waals surface area contributed by atoms with Crippen molar-refractivity contribution in [2.45, 2.75) is 6.92 Å². The second-order valence-electron chi connectivity index (χ2n) is 6.70. The molecule has 1 aliphatic heterocycles. The quantitative estimate of drug-likeness (QED) is 0.477. The molecule has 0 saturated carbocycles. The summed E-state index contributed by atoms with van der Waals surface area (Å²) >= 11 is 0. The Balaban J connectivity index is 1.68. The third-order valence-corrected chi connectivity index (χ3v) is 4.64. The molecular weight excluding hydrogens is 372 g/mol. The summed E-state index contributed by atoms with van der Waals surface area (Å²) in [5, 5.41) is 13.4. The third-order valence-electron chi connectivity index (χ3n) is 4.64. The topological polar surface area (TPSA) is 95.8 Å². The first-order valence-corrected chi connectivity index (χ1v) is 9.27. The zero-order valence-electron chi connectivity index (χ0n) is 16.1. The lowest BCUT2D eigenvalue weighted by molar-refractivity contribution is -0.384. The fraction of sp³-hybridized carbons (Fsp3) is 0.238. The van der Waals surface area contributed by atoms with Gasteiger partial charge < -0.3 is 15.1 Å². The molecule has 1 heterocycles. The van der Waals surface area contributed by atoms with Crippen molar-refractivity contribution < 1.29 is 14.5 Å². The van der Waals surface area contributed by atoms with E-state index >= 15 is 0 Å². The number of amides is 2. The van der Waals surface area contributed by atoms with E-state index in [4.69, 9.17) is 0 Å². The van der Waals surface area contributed by atoms with Crippen LogP contribution in [-0.4, -0.2) is 47.8 Å². The number of benzene rings is 2. The van der Waals surface area contributed by atoms with E-state index in [0.29, 0.717) is 26.2 Å². The van der Waals surface area contributed by atoms with E-state index in [1.165, 1.54) is 19.1 Å². The number of carbonyl (C=O) groups excluding carboxylic acids is 2. The standard InChI is InChI=1S/C21H22N4O4/c1-16(26)22-20(15-17-5-3-2-4-6-17)21(27)24-13-11-23(12-14-24)18-7-9-19(10-8-18)25(28)29/h2-10,15H,11-14H2,1H3,(H,22,26)/b20-15-. The zero-order valence-corrected chi connectivity index (χ0v) is 16.1. The van der Waals surface area contributed by atoms with Gasteiger partial charge in [0, 0.05) is 50.9 Å². The van der Waals surface area contributed by atoms with Crippen LogP contribution < -0.4 is 10.2 Å². The molecule has 0 aliphatic carbocycles. The van der Waals surface area contributed by atoms with Crippen LogP contribution in [-0.2, 0) is 9.59 Å². The first-order valence-electron chi connectivity index (χ1n) is 9.27. The highest BCUT2D eigenvalue weighted by molar-refractivity contribution is 6.01. The molecule has 2 aromatic rings. The van der Waals surface area contributed by atoms with E-state index in [2.05, 4.69) is 10.2 Å². The number of nitrogens with zero attached hydrogens (tertiary/aromatic N) is 3. The van der Waals surface area contributed by atoms with Gasteiger partial charge in [0.2, 0.25) is 5.91 Å². The summed E-state index contributed by atoms with van der Waals surface area (Å²) in [6.45, 7) is 3.55. The summed E-state index contributed by atoms with van der Waals surface area (Å²) in [6, 6.07) is 15.7. The summed E-state index contributed by atoms with van der Waals surface area (Å²) in [5.74, 6) is -0.530. The Morgan fingerprint density at radius 3 is 2.17 bits per heavy atom. The number of nitrogens with one attached hydrogen (secondary N) is 1. The highest BCUT2D eigenvalue weighted by Gasteiger charge is 2.24. The van der Waals surface area contributed by atoms with Crippen LogP contribution in [0.5, 0.6) is 0 Å². The van der Waals surface area contributed by atoms with Gasteiger partial charge in [-0.25, -0.2) is 0 Å². The van der Waals surface area contributed by atoms with Crippen molar-refractivity contribution in [3.8, 4) is 0 Å². The summed E-state index contributed by atoms with van der Waals surface area (Å²) in [4.78, 5) is 38.7. The van der Waals surface area contributed by atoms with Crippen LogP contribution in [0.1, 0.15) is 12.5 Å². The average Bonchev–Trinajstić information content (AvgIpc) is 2.73. The molecule has 3 rings (SSSR count). The van der Waals surface area contributed by atoms with Crippen LogP contribution in [0.4, 0.5) is 11.4 Å². The summed E-state index contributed by atoms with van der Waals surface area (Å²) in [7, 11) is 0. The molecule has 1 fully saturated rings. The number of hydrogen-bond donors (Lipinski definition) is 1. The largest absolute Gasteiger partial charge is 0.368 e. The number of nitro groups is 1. The lowest BCUT2D eigenvalue weighted by atomic mass is 10.1. The van der Waals surface area contributed by atoms with Crippen LogP contribution in [0.25, 0.3) is 6.08 Å². The predicted octanol–water partition coefficient (Wildman–Crippen LogP) is 2.42. The van der Waals surface area contributed by atoms with E-state index < -0.39 is 4.92 Å².